The van der Waals surface area contributed by atoms with Crippen molar-refractivity contribution >= 4 is 17.7 Å². The van der Waals surface area contributed by atoms with Crippen LogP contribution < -0.4 is 14.7 Å². The van der Waals surface area contributed by atoms with Gasteiger partial charge in [0.2, 0.25) is 5.88 Å². The minimum absolute atomic E-state index is 0.0577. The van der Waals surface area contributed by atoms with Crippen molar-refractivity contribution in [2.75, 3.05) is 31.6 Å². The standard InChI is InChI=1S/C30H35FN4O4/c1-21-19-34(16-17-35(21,29(37)38)30(2,3)4)20-22-12-14-24(15-13-22)33(5)28(36)26-10-7-11-27(32-26)39-25-9-6-8-23(31)18-25/h6-15,18,21H,16-17,19-20H2,1-5H3/t21-,35?/m0/s1. The smallest absolute Gasteiger partial charge is 0.276 e. The molecule has 1 fully saturated rings. The first-order valence-corrected chi connectivity index (χ1v) is 13.0. The SMILES string of the molecule is C[C@H]1CN(Cc2ccc(N(C)C(=O)c3cccc(Oc4cccc(F)c4)n3)cc2)CC[N+]1(C(=O)[O-])C(C)(C)C. The Bertz CT molecular complexity index is 1340. The molecule has 0 radical (unpaired) electrons. The molecule has 8 nitrogen and oxygen atoms in total. The molecule has 1 unspecified atom stereocenters. The number of amides is 2. The van der Waals surface area contributed by atoms with Gasteiger partial charge in [0.15, 0.2) is 0 Å². The second-order valence-corrected chi connectivity index (χ2v) is 11.1. The highest BCUT2D eigenvalue weighted by Gasteiger charge is 2.49. The van der Waals surface area contributed by atoms with Crippen molar-refractivity contribution in [1.82, 2.24) is 9.88 Å². The molecule has 0 N–H and O–H groups in total. The Morgan fingerprint density at radius 3 is 2.44 bits per heavy atom. The summed E-state index contributed by atoms with van der Waals surface area (Å²) in [7, 11) is 1.68. The van der Waals surface area contributed by atoms with Gasteiger partial charge in [-0.15, -0.1) is 0 Å². The van der Waals surface area contributed by atoms with Crippen LogP contribution in [0.25, 0.3) is 0 Å². The Kier molecular flexibility index (Phi) is 8.04. The van der Waals surface area contributed by atoms with Gasteiger partial charge in [-0.1, -0.05) is 24.3 Å². The Labute approximate surface area is 228 Å². The number of carbonyl (C=O) groups excluding carboxylic acids is 2. The number of hydrogen-bond donors (Lipinski definition) is 0. The number of nitrogens with zero attached hydrogens (tertiary/aromatic N) is 4. The molecule has 3 aromatic rings. The summed E-state index contributed by atoms with van der Waals surface area (Å²) >= 11 is 0. The summed E-state index contributed by atoms with van der Waals surface area (Å²) < 4.78 is 19.0. The molecule has 0 aliphatic carbocycles. The molecule has 9 heteroatoms. The molecular formula is C30H35FN4O4. The quantitative estimate of drug-likeness (QED) is 0.435. The van der Waals surface area contributed by atoms with Gasteiger partial charge in [0.25, 0.3) is 12.0 Å². The van der Waals surface area contributed by atoms with Crippen molar-refractivity contribution in [3.8, 4) is 11.6 Å². The van der Waals surface area contributed by atoms with Crippen molar-refractivity contribution in [1.29, 1.82) is 0 Å². The van der Waals surface area contributed by atoms with E-state index in [1.807, 2.05) is 52.0 Å². The van der Waals surface area contributed by atoms with E-state index in [1.54, 1.807) is 31.3 Å². The maximum Gasteiger partial charge on any atom is 0.276 e. The third-order valence-corrected chi connectivity index (χ3v) is 7.56. The minimum Gasteiger partial charge on any atom is -0.498 e. The minimum atomic E-state index is -1.02. The van der Waals surface area contributed by atoms with Crippen LogP contribution in [0.5, 0.6) is 11.6 Å². The first kappa shape index (κ1) is 28.2. The van der Waals surface area contributed by atoms with Gasteiger partial charge in [0.1, 0.15) is 23.3 Å². The van der Waals surface area contributed by atoms with E-state index < -0.39 is 17.4 Å². The van der Waals surface area contributed by atoms with Crippen LogP contribution in [0.3, 0.4) is 0 Å². The fourth-order valence-electron chi connectivity index (χ4n) is 5.42. The van der Waals surface area contributed by atoms with Crippen molar-refractivity contribution < 1.29 is 28.3 Å². The fourth-order valence-corrected chi connectivity index (χ4v) is 5.42. The van der Waals surface area contributed by atoms with E-state index in [1.165, 1.54) is 23.1 Å². The van der Waals surface area contributed by atoms with Gasteiger partial charge in [-0.05, 0) is 63.6 Å². The van der Waals surface area contributed by atoms with E-state index in [9.17, 15) is 19.1 Å². The fraction of sp³-hybridized carbons (Fsp3) is 0.367. The number of anilines is 1. The van der Waals surface area contributed by atoms with Crippen LogP contribution >= 0.6 is 0 Å². The van der Waals surface area contributed by atoms with Crippen molar-refractivity contribution in [2.24, 2.45) is 0 Å². The van der Waals surface area contributed by atoms with Crippen LogP contribution in [0.1, 0.15) is 43.7 Å². The first-order chi connectivity index (χ1) is 18.4. The van der Waals surface area contributed by atoms with Crippen LogP contribution in [0.4, 0.5) is 14.9 Å². The number of piperazine rings is 1. The highest BCUT2D eigenvalue weighted by atomic mass is 19.1. The average Bonchev–Trinajstić information content (AvgIpc) is 2.88. The lowest BCUT2D eigenvalue weighted by molar-refractivity contribution is -0.943. The normalized spacial score (nSPS) is 19.9. The summed E-state index contributed by atoms with van der Waals surface area (Å²) in [6.45, 7) is 10.3. The molecule has 1 aliphatic rings. The van der Waals surface area contributed by atoms with Gasteiger partial charge in [-0.25, -0.2) is 9.37 Å². The molecular weight excluding hydrogens is 499 g/mol. The Hall–Kier alpha value is -3.82. The molecule has 206 valence electrons. The van der Waals surface area contributed by atoms with E-state index in [0.29, 0.717) is 37.6 Å². The lowest BCUT2D eigenvalue weighted by Crippen LogP contribution is -2.76. The number of pyridine rings is 1. The summed E-state index contributed by atoms with van der Waals surface area (Å²) in [5.74, 6) is -0.246. The third-order valence-electron chi connectivity index (χ3n) is 7.56. The number of carbonyl (C=O) groups is 2. The Morgan fingerprint density at radius 1 is 1.13 bits per heavy atom. The summed E-state index contributed by atoms with van der Waals surface area (Å²) in [5, 5.41) is 12.2. The number of benzene rings is 2. The van der Waals surface area contributed by atoms with Crippen molar-refractivity contribution in [3.63, 3.8) is 0 Å². The Morgan fingerprint density at radius 2 is 1.82 bits per heavy atom. The van der Waals surface area contributed by atoms with Crippen LogP contribution in [0, 0.1) is 5.82 Å². The van der Waals surface area contributed by atoms with E-state index in [0.717, 1.165) is 5.56 Å². The predicted octanol–water partition coefficient (Wildman–Crippen LogP) is 4.45. The number of halogens is 1. The summed E-state index contributed by atoms with van der Waals surface area (Å²) in [6, 6.07) is 18.2. The van der Waals surface area contributed by atoms with Crippen LogP contribution in [-0.4, -0.2) is 64.6 Å². The molecule has 0 saturated carbocycles. The number of aromatic nitrogens is 1. The maximum atomic E-state index is 13.5. The number of rotatable bonds is 6. The van der Waals surface area contributed by atoms with Gasteiger partial charge in [0.05, 0.1) is 18.6 Å². The predicted molar refractivity (Wildman–Crippen MR) is 145 cm³/mol. The molecule has 2 atom stereocenters. The molecule has 0 bridgehead atoms. The van der Waals surface area contributed by atoms with Crippen molar-refractivity contribution in [3.05, 3.63) is 83.8 Å². The second-order valence-electron chi connectivity index (χ2n) is 11.1. The number of quaternary nitrogens is 1. The molecule has 2 aromatic carbocycles. The summed E-state index contributed by atoms with van der Waals surface area (Å²) in [4.78, 5) is 33.3. The van der Waals surface area contributed by atoms with Gasteiger partial charge in [0, 0.05) is 38.0 Å². The summed E-state index contributed by atoms with van der Waals surface area (Å²) in [5.41, 5.74) is 1.52. The molecule has 1 saturated heterocycles. The molecule has 0 spiro atoms. The lowest BCUT2D eigenvalue weighted by atomic mass is 9.95. The van der Waals surface area contributed by atoms with Crippen molar-refractivity contribution in [2.45, 2.75) is 45.8 Å². The molecule has 39 heavy (non-hydrogen) atoms. The largest absolute Gasteiger partial charge is 0.498 e. The monoisotopic (exact) mass is 534 g/mol. The highest BCUT2D eigenvalue weighted by Crippen LogP contribution is 2.32. The highest BCUT2D eigenvalue weighted by molar-refractivity contribution is 6.04. The maximum absolute atomic E-state index is 13.5. The number of hydrogen-bond acceptors (Lipinski definition) is 6. The molecule has 2 heterocycles. The zero-order valence-electron chi connectivity index (χ0n) is 23.1. The zero-order valence-corrected chi connectivity index (χ0v) is 23.1. The van der Waals surface area contributed by atoms with Gasteiger partial charge < -0.3 is 19.5 Å². The summed E-state index contributed by atoms with van der Waals surface area (Å²) in [6.07, 6.45) is -1.02. The molecule has 1 aliphatic heterocycles. The van der Waals surface area contributed by atoms with Crippen LogP contribution in [0.2, 0.25) is 0 Å². The van der Waals surface area contributed by atoms with E-state index in [2.05, 4.69) is 9.88 Å². The molecule has 4 rings (SSSR count). The van der Waals surface area contributed by atoms with E-state index >= 15 is 0 Å². The number of ether oxygens (including phenoxy) is 1. The van der Waals surface area contributed by atoms with Gasteiger partial charge >= 0.3 is 0 Å². The molecule has 1 aromatic heterocycles. The lowest BCUT2D eigenvalue weighted by Gasteiger charge is -2.55. The van der Waals surface area contributed by atoms with Crippen LogP contribution in [0.15, 0.2) is 66.7 Å². The second kappa shape index (κ2) is 11.1. The Balaban J connectivity index is 1.40. The van der Waals surface area contributed by atoms with Gasteiger partial charge in [-0.2, -0.15) is 0 Å². The van der Waals surface area contributed by atoms with Crippen LogP contribution in [-0.2, 0) is 6.54 Å². The topological polar surface area (TPSA) is 85.8 Å². The van der Waals surface area contributed by atoms with Gasteiger partial charge in [-0.3, -0.25) is 14.2 Å². The average molecular weight is 535 g/mol. The number of carboxylic acid groups (broad SMARTS) is 1. The first-order valence-electron chi connectivity index (χ1n) is 13.0. The van der Waals surface area contributed by atoms with E-state index in [-0.39, 0.29) is 28.0 Å². The third kappa shape index (κ3) is 5.94. The molecule has 2 amide bonds. The van der Waals surface area contributed by atoms with E-state index in [4.69, 9.17) is 4.74 Å². The zero-order chi connectivity index (χ0) is 28.4.